The maximum atomic E-state index is 5.44. The summed E-state index contributed by atoms with van der Waals surface area (Å²) < 4.78 is 10.7. The first-order chi connectivity index (χ1) is 10.2. The van der Waals surface area contributed by atoms with E-state index in [4.69, 9.17) is 9.47 Å². The lowest BCUT2D eigenvalue weighted by Gasteiger charge is -2.13. The highest BCUT2D eigenvalue weighted by Gasteiger charge is 2.13. The first-order valence-corrected chi connectivity index (χ1v) is 6.99. The van der Waals surface area contributed by atoms with Crippen molar-refractivity contribution in [3.05, 3.63) is 30.0 Å². The second-order valence-electron chi connectivity index (χ2n) is 4.72. The first-order valence-electron chi connectivity index (χ1n) is 6.99. The number of ether oxygens (including phenoxy) is 2. The van der Waals surface area contributed by atoms with Crippen molar-refractivity contribution in [3.63, 3.8) is 0 Å². The van der Waals surface area contributed by atoms with Crippen LogP contribution in [-0.2, 0) is 0 Å². The topological polar surface area (TPSA) is 56.3 Å². The van der Waals surface area contributed by atoms with Gasteiger partial charge in [0.15, 0.2) is 0 Å². The van der Waals surface area contributed by atoms with Crippen molar-refractivity contribution in [2.24, 2.45) is 0 Å². The van der Waals surface area contributed by atoms with Crippen LogP contribution in [0, 0.1) is 6.92 Å². The smallest absolute Gasteiger partial charge is 0.223 e. The molecule has 0 saturated carbocycles. The monoisotopic (exact) mass is 287 g/mol. The first kappa shape index (κ1) is 15.1. The molecule has 21 heavy (non-hydrogen) atoms. The van der Waals surface area contributed by atoms with Crippen molar-refractivity contribution in [2.75, 3.05) is 26.1 Å². The number of nitrogens with zero attached hydrogens (tertiary/aromatic N) is 2. The Hall–Kier alpha value is -2.30. The number of nitrogens with one attached hydrogen (secondary N) is 1. The maximum absolute atomic E-state index is 5.44. The summed E-state index contributed by atoms with van der Waals surface area (Å²) in [6.07, 6.45) is 2.84. The van der Waals surface area contributed by atoms with Crippen LogP contribution in [0.15, 0.2) is 24.4 Å². The molecule has 0 fully saturated rings. The number of aromatic nitrogens is 2. The molecule has 112 valence electrons. The Balaban J connectivity index is 2.49. The van der Waals surface area contributed by atoms with E-state index in [-0.39, 0.29) is 0 Å². The van der Waals surface area contributed by atoms with Crippen molar-refractivity contribution in [2.45, 2.75) is 20.3 Å². The zero-order valence-corrected chi connectivity index (χ0v) is 12.9. The number of rotatable bonds is 6. The third-order valence-corrected chi connectivity index (χ3v) is 3.17. The molecule has 5 nitrogen and oxygen atoms in total. The lowest BCUT2D eigenvalue weighted by Crippen LogP contribution is -2.06. The zero-order chi connectivity index (χ0) is 15.2. The third kappa shape index (κ3) is 3.42. The normalized spacial score (nSPS) is 10.3. The predicted octanol–water partition coefficient (Wildman–Crippen LogP) is 3.29. The standard InChI is InChI=1S/C16H21N3O2/c1-5-8-17-16-18-10-11(2)15(19-16)13-9-12(20-3)6-7-14(13)21-4/h6-7,9-10H,5,8H2,1-4H3,(H,17,18,19). The minimum atomic E-state index is 0.627. The largest absolute Gasteiger partial charge is 0.497 e. The molecule has 1 N–H and O–H groups in total. The van der Waals surface area contributed by atoms with Crippen LogP contribution in [0.4, 0.5) is 5.95 Å². The second-order valence-corrected chi connectivity index (χ2v) is 4.72. The summed E-state index contributed by atoms with van der Waals surface area (Å²) in [6.45, 7) is 4.93. The van der Waals surface area contributed by atoms with Gasteiger partial charge in [-0.3, -0.25) is 0 Å². The molecule has 0 atom stereocenters. The Morgan fingerprint density at radius 3 is 2.67 bits per heavy atom. The van der Waals surface area contributed by atoms with Gasteiger partial charge >= 0.3 is 0 Å². The van der Waals surface area contributed by atoms with Crippen molar-refractivity contribution >= 4 is 5.95 Å². The molecule has 0 bridgehead atoms. The van der Waals surface area contributed by atoms with E-state index in [0.717, 1.165) is 41.3 Å². The molecule has 0 saturated heterocycles. The molecule has 0 aliphatic rings. The Morgan fingerprint density at radius 2 is 2.00 bits per heavy atom. The van der Waals surface area contributed by atoms with Crippen molar-refractivity contribution in [1.29, 1.82) is 0 Å². The summed E-state index contributed by atoms with van der Waals surface area (Å²) in [7, 11) is 3.30. The van der Waals surface area contributed by atoms with Crippen molar-refractivity contribution < 1.29 is 9.47 Å². The van der Waals surface area contributed by atoms with E-state index in [1.54, 1.807) is 14.2 Å². The number of hydrogen-bond acceptors (Lipinski definition) is 5. The highest BCUT2D eigenvalue weighted by Crippen LogP contribution is 2.34. The SMILES string of the molecule is CCCNc1ncc(C)c(-c2cc(OC)ccc2OC)n1. The van der Waals surface area contributed by atoms with Crippen LogP contribution in [0.2, 0.25) is 0 Å². The highest BCUT2D eigenvalue weighted by molar-refractivity contribution is 5.72. The van der Waals surface area contributed by atoms with E-state index >= 15 is 0 Å². The predicted molar refractivity (Wildman–Crippen MR) is 84.1 cm³/mol. The quantitative estimate of drug-likeness (QED) is 0.883. The molecule has 2 rings (SSSR count). The van der Waals surface area contributed by atoms with E-state index < -0.39 is 0 Å². The fourth-order valence-electron chi connectivity index (χ4n) is 2.04. The van der Waals surface area contributed by atoms with Gasteiger partial charge in [-0.05, 0) is 37.1 Å². The van der Waals surface area contributed by atoms with E-state index in [9.17, 15) is 0 Å². The third-order valence-electron chi connectivity index (χ3n) is 3.17. The molecule has 5 heteroatoms. The van der Waals surface area contributed by atoms with Crippen LogP contribution in [0.5, 0.6) is 11.5 Å². The summed E-state index contributed by atoms with van der Waals surface area (Å²) in [5.41, 5.74) is 2.74. The molecule has 0 amide bonds. The van der Waals surface area contributed by atoms with Crippen LogP contribution in [0.25, 0.3) is 11.3 Å². The lowest BCUT2D eigenvalue weighted by atomic mass is 10.1. The van der Waals surface area contributed by atoms with Crippen molar-refractivity contribution in [3.8, 4) is 22.8 Å². The van der Waals surface area contributed by atoms with Gasteiger partial charge in [0.2, 0.25) is 5.95 Å². The number of aryl methyl sites for hydroxylation is 1. The Bertz CT molecular complexity index is 614. The second kappa shape index (κ2) is 6.92. The molecular weight excluding hydrogens is 266 g/mol. The summed E-state index contributed by atoms with van der Waals surface area (Å²) in [5, 5.41) is 3.20. The average Bonchev–Trinajstić information content (AvgIpc) is 2.53. The lowest BCUT2D eigenvalue weighted by molar-refractivity contribution is 0.404. The van der Waals surface area contributed by atoms with Crippen LogP contribution in [0.3, 0.4) is 0 Å². The van der Waals surface area contributed by atoms with Gasteiger partial charge in [0.25, 0.3) is 0 Å². The molecule has 2 aromatic rings. The van der Waals surface area contributed by atoms with Crippen molar-refractivity contribution in [1.82, 2.24) is 9.97 Å². The fourth-order valence-corrected chi connectivity index (χ4v) is 2.04. The van der Waals surface area contributed by atoms with Gasteiger partial charge in [-0.25, -0.2) is 9.97 Å². The fraction of sp³-hybridized carbons (Fsp3) is 0.375. The number of anilines is 1. The van der Waals surface area contributed by atoms with E-state index in [1.807, 2.05) is 31.3 Å². The van der Waals surface area contributed by atoms with Gasteiger partial charge in [-0.2, -0.15) is 0 Å². The molecule has 1 heterocycles. The van der Waals surface area contributed by atoms with Gasteiger partial charge in [0.05, 0.1) is 19.9 Å². The number of hydrogen-bond donors (Lipinski definition) is 1. The molecule has 1 aromatic carbocycles. The molecule has 0 radical (unpaired) electrons. The van der Waals surface area contributed by atoms with Crippen LogP contribution in [-0.4, -0.2) is 30.7 Å². The Labute approximate surface area is 125 Å². The summed E-state index contributed by atoms with van der Waals surface area (Å²) in [6, 6.07) is 5.68. The van der Waals surface area contributed by atoms with E-state index in [1.165, 1.54) is 0 Å². The summed E-state index contributed by atoms with van der Waals surface area (Å²) >= 11 is 0. The number of benzene rings is 1. The molecule has 0 spiro atoms. The van der Waals surface area contributed by atoms with Gasteiger partial charge in [-0.1, -0.05) is 6.92 Å². The molecule has 0 aliphatic heterocycles. The Morgan fingerprint density at radius 1 is 1.19 bits per heavy atom. The molecule has 1 aromatic heterocycles. The van der Waals surface area contributed by atoms with Gasteiger partial charge in [-0.15, -0.1) is 0 Å². The van der Waals surface area contributed by atoms with Crippen LogP contribution in [0.1, 0.15) is 18.9 Å². The zero-order valence-electron chi connectivity index (χ0n) is 12.9. The van der Waals surface area contributed by atoms with Gasteiger partial charge in [0.1, 0.15) is 11.5 Å². The minimum absolute atomic E-state index is 0.627. The Kier molecular flexibility index (Phi) is 4.98. The molecular formula is C16H21N3O2. The van der Waals surface area contributed by atoms with Gasteiger partial charge in [0, 0.05) is 18.3 Å². The van der Waals surface area contributed by atoms with E-state index in [2.05, 4.69) is 22.2 Å². The molecule has 0 aliphatic carbocycles. The highest BCUT2D eigenvalue weighted by atomic mass is 16.5. The van der Waals surface area contributed by atoms with Crippen LogP contribution < -0.4 is 14.8 Å². The molecule has 0 unspecified atom stereocenters. The summed E-state index contributed by atoms with van der Waals surface area (Å²) in [5.74, 6) is 2.16. The maximum Gasteiger partial charge on any atom is 0.223 e. The van der Waals surface area contributed by atoms with Crippen LogP contribution >= 0.6 is 0 Å². The minimum Gasteiger partial charge on any atom is -0.497 e. The average molecular weight is 287 g/mol. The summed E-state index contributed by atoms with van der Waals surface area (Å²) in [4.78, 5) is 8.91. The number of methoxy groups -OCH3 is 2. The van der Waals surface area contributed by atoms with E-state index in [0.29, 0.717) is 5.95 Å². The van der Waals surface area contributed by atoms with Gasteiger partial charge < -0.3 is 14.8 Å².